The minimum Gasteiger partial charge on any atom is -0.354 e. The molecule has 1 aromatic carbocycles. The van der Waals surface area contributed by atoms with Gasteiger partial charge in [0.25, 0.3) is 0 Å². The molecule has 1 fully saturated rings. The molecule has 0 bridgehead atoms. The quantitative estimate of drug-likeness (QED) is 0.733. The highest BCUT2D eigenvalue weighted by Gasteiger charge is 2.18. The molecule has 1 saturated heterocycles. The summed E-state index contributed by atoms with van der Waals surface area (Å²) < 4.78 is 1.80. The first-order valence-corrected chi connectivity index (χ1v) is 8.64. The van der Waals surface area contributed by atoms with Crippen LogP contribution in [0.2, 0.25) is 0 Å². The van der Waals surface area contributed by atoms with Gasteiger partial charge in [0, 0.05) is 45.0 Å². The first-order valence-electron chi connectivity index (χ1n) is 8.64. The molecule has 3 heterocycles. The van der Waals surface area contributed by atoms with E-state index in [9.17, 15) is 0 Å². The number of nitrogens with zero attached hydrogens (tertiary/aromatic N) is 6. The predicted molar refractivity (Wildman–Crippen MR) is 97.8 cm³/mol. The molecule has 128 valence electrons. The molecule has 1 aliphatic heterocycles. The van der Waals surface area contributed by atoms with Crippen LogP contribution in [-0.4, -0.2) is 50.8 Å². The maximum absolute atomic E-state index is 4.46. The zero-order valence-corrected chi connectivity index (χ0v) is 14.4. The van der Waals surface area contributed by atoms with Gasteiger partial charge in [0.1, 0.15) is 12.1 Å². The van der Waals surface area contributed by atoms with Gasteiger partial charge in [-0.15, -0.1) is 0 Å². The number of aryl methyl sites for hydroxylation is 1. The largest absolute Gasteiger partial charge is 0.354 e. The highest BCUT2D eigenvalue weighted by molar-refractivity contribution is 5.43. The molecule has 0 amide bonds. The van der Waals surface area contributed by atoms with Gasteiger partial charge >= 0.3 is 0 Å². The van der Waals surface area contributed by atoms with Crippen molar-refractivity contribution in [1.29, 1.82) is 0 Å². The lowest BCUT2D eigenvalue weighted by Gasteiger charge is -2.35. The SMILES string of the molecule is Cc1ccn(-c2cc(N3CCN(Cc4ccccc4)CC3)ncn2)n1. The lowest BCUT2D eigenvalue weighted by Crippen LogP contribution is -2.46. The van der Waals surface area contributed by atoms with E-state index in [0.29, 0.717) is 0 Å². The minimum atomic E-state index is 0.810. The summed E-state index contributed by atoms with van der Waals surface area (Å²) in [4.78, 5) is 13.6. The van der Waals surface area contributed by atoms with Crippen LogP contribution < -0.4 is 4.90 Å². The summed E-state index contributed by atoms with van der Waals surface area (Å²) in [6, 6.07) is 14.6. The maximum Gasteiger partial charge on any atom is 0.158 e. The van der Waals surface area contributed by atoms with Gasteiger partial charge in [0.15, 0.2) is 5.82 Å². The Balaban J connectivity index is 1.41. The average molecular weight is 334 g/mol. The lowest BCUT2D eigenvalue weighted by atomic mass is 10.2. The molecule has 25 heavy (non-hydrogen) atoms. The standard InChI is InChI=1S/C19H22N6/c1-16-7-8-25(22-16)19-13-18(20-15-21-19)24-11-9-23(10-12-24)14-17-5-3-2-4-6-17/h2-8,13,15H,9-12,14H2,1H3. The fourth-order valence-electron chi connectivity index (χ4n) is 3.15. The maximum atomic E-state index is 4.46. The van der Waals surface area contributed by atoms with Crippen molar-refractivity contribution in [3.63, 3.8) is 0 Å². The summed E-state index contributed by atoms with van der Waals surface area (Å²) >= 11 is 0. The normalized spacial score (nSPS) is 15.5. The van der Waals surface area contributed by atoms with Gasteiger partial charge in [-0.05, 0) is 18.6 Å². The van der Waals surface area contributed by atoms with Gasteiger partial charge in [0.2, 0.25) is 0 Å². The van der Waals surface area contributed by atoms with Crippen LogP contribution in [0.15, 0.2) is 55.0 Å². The minimum absolute atomic E-state index is 0.810. The lowest BCUT2D eigenvalue weighted by molar-refractivity contribution is 0.249. The van der Waals surface area contributed by atoms with E-state index in [2.05, 4.69) is 55.2 Å². The van der Waals surface area contributed by atoms with E-state index < -0.39 is 0 Å². The van der Waals surface area contributed by atoms with Crippen LogP contribution >= 0.6 is 0 Å². The number of aromatic nitrogens is 4. The van der Waals surface area contributed by atoms with Gasteiger partial charge < -0.3 is 4.90 Å². The van der Waals surface area contributed by atoms with Gasteiger partial charge in [0.05, 0.1) is 5.69 Å². The molecular weight excluding hydrogens is 312 g/mol. The average Bonchev–Trinajstić information content (AvgIpc) is 3.10. The van der Waals surface area contributed by atoms with E-state index >= 15 is 0 Å². The summed E-state index contributed by atoms with van der Waals surface area (Å²) in [6.45, 7) is 7.01. The molecule has 6 nitrogen and oxygen atoms in total. The third-order valence-corrected chi connectivity index (χ3v) is 4.54. The highest BCUT2D eigenvalue weighted by Crippen LogP contribution is 2.17. The molecule has 6 heteroatoms. The fraction of sp³-hybridized carbons (Fsp3) is 0.316. The molecule has 0 aliphatic carbocycles. The fourth-order valence-corrected chi connectivity index (χ4v) is 3.15. The number of piperazine rings is 1. The Morgan fingerprint density at radius 1 is 0.920 bits per heavy atom. The topological polar surface area (TPSA) is 50.1 Å². The molecule has 0 saturated carbocycles. The van der Waals surface area contributed by atoms with E-state index in [1.165, 1.54) is 5.56 Å². The second kappa shape index (κ2) is 7.03. The highest BCUT2D eigenvalue weighted by atomic mass is 15.3. The van der Waals surface area contributed by atoms with Crippen molar-refractivity contribution in [1.82, 2.24) is 24.6 Å². The van der Waals surface area contributed by atoms with Crippen LogP contribution in [0.25, 0.3) is 5.82 Å². The van der Waals surface area contributed by atoms with Gasteiger partial charge in [-0.25, -0.2) is 14.6 Å². The molecule has 0 spiro atoms. The molecule has 0 unspecified atom stereocenters. The second-order valence-electron chi connectivity index (χ2n) is 6.38. The first kappa shape index (κ1) is 15.8. The van der Waals surface area contributed by atoms with E-state index in [1.54, 1.807) is 11.0 Å². The Labute approximate surface area is 147 Å². The Bertz CT molecular complexity index is 821. The molecule has 4 rings (SSSR count). The van der Waals surface area contributed by atoms with Crippen molar-refractivity contribution in [2.75, 3.05) is 31.1 Å². The zero-order chi connectivity index (χ0) is 17.1. The molecule has 0 atom stereocenters. The monoisotopic (exact) mass is 334 g/mol. The van der Waals surface area contributed by atoms with Crippen LogP contribution in [0.3, 0.4) is 0 Å². The van der Waals surface area contributed by atoms with Gasteiger partial charge in [-0.3, -0.25) is 4.90 Å². The van der Waals surface area contributed by atoms with Crippen LogP contribution in [0.1, 0.15) is 11.3 Å². The molecule has 1 aliphatic rings. The first-order chi connectivity index (χ1) is 12.3. The Morgan fingerprint density at radius 3 is 2.40 bits per heavy atom. The van der Waals surface area contributed by atoms with Crippen molar-refractivity contribution >= 4 is 5.82 Å². The van der Waals surface area contributed by atoms with Crippen LogP contribution in [0, 0.1) is 6.92 Å². The van der Waals surface area contributed by atoms with Crippen molar-refractivity contribution in [2.24, 2.45) is 0 Å². The summed E-state index contributed by atoms with van der Waals surface area (Å²) in [5, 5.41) is 4.43. The van der Waals surface area contributed by atoms with E-state index in [1.807, 2.05) is 25.3 Å². The summed E-state index contributed by atoms with van der Waals surface area (Å²) in [6.07, 6.45) is 3.55. The molecule has 2 aromatic heterocycles. The molecule has 0 N–H and O–H groups in total. The van der Waals surface area contributed by atoms with Crippen molar-refractivity contribution in [3.05, 3.63) is 66.2 Å². The molecule has 3 aromatic rings. The summed E-state index contributed by atoms with van der Waals surface area (Å²) in [5.74, 6) is 1.78. The van der Waals surface area contributed by atoms with Crippen LogP contribution in [0.4, 0.5) is 5.82 Å². The van der Waals surface area contributed by atoms with Crippen molar-refractivity contribution in [3.8, 4) is 5.82 Å². The molecular formula is C19H22N6. The van der Waals surface area contributed by atoms with E-state index in [4.69, 9.17) is 0 Å². The number of rotatable bonds is 4. The summed E-state index contributed by atoms with van der Waals surface area (Å²) in [5.41, 5.74) is 2.35. The smallest absolute Gasteiger partial charge is 0.158 e. The molecule has 0 radical (unpaired) electrons. The van der Waals surface area contributed by atoms with Crippen molar-refractivity contribution < 1.29 is 0 Å². The van der Waals surface area contributed by atoms with Gasteiger partial charge in [-0.1, -0.05) is 30.3 Å². The summed E-state index contributed by atoms with van der Waals surface area (Å²) in [7, 11) is 0. The van der Waals surface area contributed by atoms with E-state index in [0.717, 1.165) is 50.1 Å². The third kappa shape index (κ3) is 3.69. The zero-order valence-electron chi connectivity index (χ0n) is 14.4. The Morgan fingerprint density at radius 2 is 1.68 bits per heavy atom. The van der Waals surface area contributed by atoms with Crippen LogP contribution in [-0.2, 0) is 6.54 Å². The number of hydrogen-bond acceptors (Lipinski definition) is 5. The van der Waals surface area contributed by atoms with E-state index in [-0.39, 0.29) is 0 Å². The second-order valence-corrected chi connectivity index (χ2v) is 6.38. The van der Waals surface area contributed by atoms with Gasteiger partial charge in [-0.2, -0.15) is 5.10 Å². The third-order valence-electron chi connectivity index (χ3n) is 4.54. The number of anilines is 1. The number of benzene rings is 1. The number of hydrogen-bond donors (Lipinski definition) is 0. The Hall–Kier alpha value is -2.73. The van der Waals surface area contributed by atoms with Crippen molar-refractivity contribution in [2.45, 2.75) is 13.5 Å². The predicted octanol–water partition coefficient (Wildman–Crippen LogP) is 2.29. The van der Waals surface area contributed by atoms with Crippen LogP contribution in [0.5, 0.6) is 0 Å². The Kier molecular flexibility index (Phi) is 4.43.